The molecule has 1 saturated heterocycles. The highest BCUT2D eigenvalue weighted by Crippen LogP contribution is 2.36. The first-order valence-corrected chi connectivity index (χ1v) is 8.80. The van der Waals surface area contributed by atoms with Gasteiger partial charge in [0.1, 0.15) is 0 Å². The quantitative estimate of drug-likeness (QED) is 0.831. The number of ketones is 1. The molecule has 1 unspecified atom stereocenters. The molecule has 26 heavy (non-hydrogen) atoms. The fraction of sp³-hybridized carbons (Fsp3) is 0.350. The first-order chi connectivity index (χ1) is 12.6. The van der Waals surface area contributed by atoms with E-state index in [9.17, 15) is 14.4 Å². The predicted molar refractivity (Wildman–Crippen MR) is 94.1 cm³/mol. The second-order valence-corrected chi connectivity index (χ2v) is 6.81. The van der Waals surface area contributed by atoms with Crippen LogP contribution in [0.4, 0.5) is 0 Å². The van der Waals surface area contributed by atoms with E-state index in [1.807, 2.05) is 19.1 Å². The molecule has 2 aliphatic rings. The zero-order valence-corrected chi connectivity index (χ0v) is 14.6. The summed E-state index contributed by atoms with van der Waals surface area (Å²) in [5, 5.41) is 0. The van der Waals surface area contributed by atoms with Crippen LogP contribution in [-0.4, -0.2) is 53.6 Å². The Labute approximate surface area is 151 Å². The van der Waals surface area contributed by atoms with Crippen LogP contribution in [0.3, 0.4) is 0 Å². The topological polar surface area (TPSA) is 70.8 Å². The van der Waals surface area contributed by atoms with Gasteiger partial charge in [-0.25, -0.2) is 0 Å². The summed E-state index contributed by atoms with van der Waals surface area (Å²) in [6.45, 7) is 3.81. The van der Waals surface area contributed by atoms with Crippen LogP contribution >= 0.6 is 0 Å². The number of aryl methyl sites for hydroxylation is 1. The molecular formula is C20H20N2O4. The number of fused-ring (bicyclic) bond motifs is 1. The molecule has 1 aromatic heterocycles. The van der Waals surface area contributed by atoms with Gasteiger partial charge in [0.2, 0.25) is 5.91 Å². The summed E-state index contributed by atoms with van der Waals surface area (Å²) in [6.07, 6.45) is 1.72. The molecule has 1 atom stereocenters. The highest BCUT2D eigenvalue weighted by molar-refractivity contribution is 6.07. The molecule has 1 aliphatic heterocycles. The molecule has 1 aliphatic carbocycles. The van der Waals surface area contributed by atoms with Gasteiger partial charge in [-0.15, -0.1) is 0 Å². The summed E-state index contributed by atoms with van der Waals surface area (Å²) >= 11 is 0. The number of hydrogen-bond acceptors (Lipinski definition) is 4. The standard InChI is InChI=1S/C20H20N2O4/c1-13-4-2-5-14-16(23)12-15(18(13)14)19(24)21-7-9-22(10-8-21)20(25)17-6-3-11-26-17/h2-6,11,15H,7-10,12H2,1H3. The summed E-state index contributed by atoms with van der Waals surface area (Å²) in [6, 6.07) is 8.93. The number of piperazine rings is 1. The molecule has 6 heteroatoms. The van der Waals surface area contributed by atoms with Crippen molar-refractivity contribution in [2.24, 2.45) is 0 Å². The summed E-state index contributed by atoms with van der Waals surface area (Å²) in [7, 11) is 0. The predicted octanol–water partition coefficient (Wildman–Crippen LogP) is 2.24. The minimum atomic E-state index is -0.397. The molecule has 6 nitrogen and oxygen atoms in total. The molecule has 1 fully saturated rings. The zero-order valence-electron chi connectivity index (χ0n) is 14.6. The molecule has 0 bridgehead atoms. The van der Waals surface area contributed by atoms with Gasteiger partial charge in [-0.05, 0) is 30.2 Å². The number of Topliss-reactive ketones (excluding diaryl/α,β-unsaturated/α-hetero) is 1. The molecule has 0 saturated carbocycles. The largest absolute Gasteiger partial charge is 0.459 e. The second kappa shape index (κ2) is 6.44. The van der Waals surface area contributed by atoms with E-state index in [2.05, 4.69) is 0 Å². The SMILES string of the molecule is Cc1cccc2c1C(C(=O)N1CCN(C(=O)c3ccco3)CC1)CC2=O. The van der Waals surface area contributed by atoms with Gasteiger partial charge in [-0.1, -0.05) is 18.2 Å². The van der Waals surface area contributed by atoms with Crippen LogP contribution in [0.2, 0.25) is 0 Å². The molecule has 4 rings (SSSR count). The van der Waals surface area contributed by atoms with Crippen LogP contribution in [0.5, 0.6) is 0 Å². The Bertz CT molecular complexity index is 864. The number of amides is 2. The van der Waals surface area contributed by atoms with Gasteiger partial charge < -0.3 is 14.2 Å². The molecular weight excluding hydrogens is 332 g/mol. The van der Waals surface area contributed by atoms with E-state index in [1.165, 1.54) is 6.26 Å². The van der Waals surface area contributed by atoms with Crippen molar-refractivity contribution in [3.8, 4) is 0 Å². The van der Waals surface area contributed by atoms with E-state index in [0.29, 0.717) is 37.5 Å². The molecule has 0 N–H and O–H groups in total. The van der Waals surface area contributed by atoms with E-state index in [4.69, 9.17) is 4.42 Å². The van der Waals surface area contributed by atoms with Gasteiger partial charge in [0.05, 0.1) is 12.2 Å². The lowest BCUT2D eigenvalue weighted by Gasteiger charge is -2.35. The lowest BCUT2D eigenvalue weighted by Crippen LogP contribution is -2.51. The highest BCUT2D eigenvalue weighted by Gasteiger charge is 2.38. The summed E-state index contributed by atoms with van der Waals surface area (Å²) in [5.74, 6) is -0.216. The van der Waals surface area contributed by atoms with Crippen molar-refractivity contribution in [3.63, 3.8) is 0 Å². The number of carbonyl (C=O) groups is 3. The van der Waals surface area contributed by atoms with Crippen molar-refractivity contribution in [1.29, 1.82) is 0 Å². The van der Waals surface area contributed by atoms with Crippen molar-refractivity contribution in [2.75, 3.05) is 26.2 Å². The maximum Gasteiger partial charge on any atom is 0.289 e. The van der Waals surface area contributed by atoms with Crippen LogP contribution in [0.15, 0.2) is 41.0 Å². The van der Waals surface area contributed by atoms with Gasteiger partial charge in [-0.2, -0.15) is 0 Å². The Morgan fingerprint density at radius 1 is 1.04 bits per heavy atom. The average molecular weight is 352 g/mol. The number of nitrogens with zero attached hydrogens (tertiary/aromatic N) is 2. The fourth-order valence-electron chi connectivity index (χ4n) is 3.90. The monoisotopic (exact) mass is 352 g/mol. The molecule has 0 spiro atoms. The van der Waals surface area contributed by atoms with E-state index in [-0.39, 0.29) is 24.0 Å². The number of carbonyl (C=O) groups excluding carboxylic acids is 3. The molecule has 1 aromatic carbocycles. The normalized spacial score (nSPS) is 19.6. The molecule has 2 heterocycles. The first kappa shape index (κ1) is 16.6. The summed E-state index contributed by atoms with van der Waals surface area (Å²) < 4.78 is 5.16. The van der Waals surface area contributed by atoms with Crippen molar-refractivity contribution in [3.05, 3.63) is 59.0 Å². The van der Waals surface area contributed by atoms with Crippen LogP contribution in [0, 0.1) is 6.92 Å². The molecule has 0 radical (unpaired) electrons. The number of furan rings is 1. The Balaban J connectivity index is 1.45. The molecule has 134 valence electrons. The third-order valence-electron chi connectivity index (χ3n) is 5.27. The number of hydrogen-bond donors (Lipinski definition) is 0. The van der Waals surface area contributed by atoms with Crippen molar-refractivity contribution < 1.29 is 18.8 Å². The summed E-state index contributed by atoms with van der Waals surface area (Å²) in [4.78, 5) is 41.1. The third kappa shape index (κ3) is 2.71. The Hall–Kier alpha value is -2.89. The Morgan fingerprint density at radius 3 is 2.46 bits per heavy atom. The van der Waals surface area contributed by atoms with Crippen LogP contribution in [-0.2, 0) is 4.79 Å². The smallest absolute Gasteiger partial charge is 0.289 e. The number of benzene rings is 1. The minimum absolute atomic E-state index is 0.0171. The van der Waals surface area contributed by atoms with Crippen molar-refractivity contribution >= 4 is 17.6 Å². The van der Waals surface area contributed by atoms with E-state index in [1.54, 1.807) is 28.0 Å². The van der Waals surface area contributed by atoms with E-state index < -0.39 is 5.92 Å². The minimum Gasteiger partial charge on any atom is -0.459 e. The van der Waals surface area contributed by atoms with Crippen LogP contribution in [0.1, 0.15) is 44.4 Å². The van der Waals surface area contributed by atoms with Gasteiger partial charge in [0.25, 0.3) is 5.91 Å². The Kier molecular flexibility index (Phi) is 4.11. The Morgan fingerprint density at radius 2 is 1.77 bits per heavy atom. The first-order valence-electron chi connectivity index (χ1n) is 8.80. The van der Waals surface area contributed by atoms with Gasteiger partial charge >= 0.3 is 0 Å². The fourth-order valence-corrected chi connectivity index (χ4v) is 3.90. The number of rotatable bonds is 2. The van der Waals surface area contributed by atoms with Gasteiger partial charge in [-0.3, -0.25) is 14.4 Å². The van der Waals surface area contributed by atoms with Crippen LogP contribution in [0.25, 0.3) is 0 Å². The van der Waals surface area contributed by atoms with E-state index in [0.717, 1.165) is 11.1 Å². The molecule has 2 aromatic rings. The van der Waals surface area contributed by atoms with Gasteiger partial charge in [0.15, 0.2) is 11.5 Å². The van der Waals surface area contributed by atoms with Crippen molar-refractivity contribution in [2.45, 2.75) is 19.3 Å². The average Bonchev–Trinajstić information content (AvgIpc) is 3.30. The van der Waals surface area contributed by atoms with E-state index >= 15 is 0 Å². The zero-order chi connectivity index (χ0) is 18.3. The molecule has 2 amide bonds. The second-order valence-electron chi connectivity index (χ2n) is 6.81. The summed E-state index contributed by atoms with van der Waals surface area (Å²) in [5.41, 5.74) is 2.53. The lowest BCUT2D eigenvalue weighted by atomic mass is 9.95. The third-order valence-corrected chi connectivity index (χ3v) is 5.27. The van der Waals surface area contributed by atoms with Gasteiger partial charge in [0, 0.05) is 38.2 Å². The highest BCUT2D eigenvalue weighted by atomic mass is 16.3. The maximum absolute atomic E-state index is 13.0. The maximum atomic E-state index is 13.0. The van der Waals surface area contributed by atoms with Crippen LogP contribution < -0.4 is 0 Å². The van der Waals surface area contributed by atoms with Crippen molar-refractivity contribution in [1.82, 2.24) is 9.80 Å². The lowest BCUT2D eigenvalue weighted by molar-refractivity contribution is -0.134.